The molecule has 1 aliphatic rings. The highest BCUT2D eigenvalue weighted by molar-refractivity contribution is 7.90. The van der Waals surface area contributed by atoms with Gasteiger partial charge in [-0.05, 0) is 55.0 Å². The molecular weight excluding hydrogens is 372 g/mol. The zero-order chi connectivity index (χ0) is 18.7. The van der Waals surface area contributed by atoms with E-state index in [2.05, 4.69) is 5.32 Å². The van der Waals surface area contributed by atoms with Gasteiger partial charge in [0.05, 0.1) is 9.77 Å². The van der Waals surface area contributed by atoms with Crippen molar-refractivity contribution in [3.63, 3.8) is 0 Å². The molecule has 2 amide bonds. The van der Waals surface area contributed by atoms with Gasteiger partial charge in [-0.2, -0.15) is 0 Å². The molecule has 0 spiro atoms. The van der Waals surface area contributed by atoms with Crippen LogP contribution in [0.1, 0.15) is 28.9 Å². The van der Waals surface area contributed by atoms with Crippen LogP contribution in [-0.2, 0) is 14.6 Å². The maximum Gasteiger partial charge on any atom is 0.264 e. The van der Waals surface area contributed by atoms with Crippen LogP contribution in [0.4, 0.5) is 5.69 Å². The number of nitrogens with one attached hydrogen (secondary N) is 1. The molecule has 1 aromatic carbocycles. The molecule has 0 aliphatic carbocycles. The van der Waals surface area contributed by atoms with E-state index < -0.39 is 15.9 Å². The second kappa shape index (κ2) is 7.59. The number of hydrogen-bond donors (Lipinski definition) is 1. The van der Waals surface area contributed by atoms with Crippen molar-refractivity contribution in [3.05, 3.63) is 46.7 Å². The fourth-order valence-electron chi connectivity index (χ4n) is 3.00. The lowest BCUT2D eigenvalue weighted by Gasteiger charge is -2.34. The minimum Gasteiger partial charge on any atom is -0.326 e. The minimum atomic E-state index is -3.28. The molecule has 2 heterocycles. The standard InChI is InChI=1S/C18H20N2O4S2/c1-26(23,24)14-9-7-13(8-10-14)19-17(21)15-5-2-3-11-20(15)18(22)16-6-4-12-25-16/h4,6-10,12,15H,2-3,5,11H2,1H3,(H,19,21). The Hall–Kier alpha value is -2.19. The third kappa shape index (κ3) is 4.13. The number of hydrogen-bond acceptors (Lipinski definition) is 5. The quantitative estimate of drug-likeness (QED) is 0.867. The van der Waals surface area contributed by atoms with E-state index in [0.717, 1.165) is 19.1 Å². The van der Waals surface area contributed by atoms with Crippen molar-refractivity contribution in [2.75, 3.05) is 18.1 Å². The van der Waals surface area contributed by atoms with Crippen LogP contribution in [0.2, 0.25) is 0 Å². The van der Waals surface area contributed by atoms with Gasteiger partial charge in [-0.3, -0.25) is 9.59 Å². The zero-order valence-corrected chi connectivity index (χ0v) is 16.0. The molecule has 2 aromatic rings. The molecule has 1 N–H and O–H groups in total. The molecule has 1 saturated heterocycles. The summed E-state index contributed by atoms with van der Waals surface area (Å²) in [7, 11) is -3.28. The van der Waals surface area contributed by atoms with Crippen LogP contribution in [0.25, 0.3) is 0 Å². The van der Waals surface area contributed by atoms with Gasteiger partial charge in [0.2, 0.25) is 5.91 Å². The first-order chi connectivity index (χ1) is 12.4. The third-order valence-corrected chi connectivity index (χ3v) is 6.33. The number of anilines is 1. The second-order valence-corrected chi connectivity index (χ2v) is 9.24. The molecular formula is C18H20N2O4S2. The number of benzene rings is 1. The minimum absolute atomic E-state index is 0.118. The molecule has 1 unspecified atom stereocenters. The zero-order valence-electron chi connectivity index (χ0n) is 14.3. The van der Waals surface area contributed by atoms with Crippen molar-refractivity contribution in [3.8, 4) is 0 Å². The molecule has 26 heavy (non-hydrogen) atoms. The summed E-state index contributed by atoms with van der Waals surface area (Å²) in [4.78, 5) is 27.8. The fourth-order valence-corrected chi connectivity index (χ4v) is 4.31. The molecule has 1 aliphatic heterocycles. The number of piperidine rings is 1. The van der Waals surface area contributed by atoms with Gasteiger partial charge in [-0.1, -0.05) is 6.07 Å². The van der Waals surface area contributed by atoms with Gasteiger partial charge in [-0.15, -0.1) is 11.3 Å². The molecule has 8 heteroatoms. The van der Waals surface area contributed by atoms with Crippen molar-refractivity contribution < 1.29 is 18.0 Å². The molecule has 3 rings (SSSR count). The van der Waals surface area contributed by atoms with Gasteiger partial charge in [0.15, 0.2) is 9.84 Å². The number of sulfone groups is 1. The Bertz CT molecular complexity index is 890. The number of amides is 2. The molecule has 0 saturated carbocycles. The first-order valence-corrected chi connectivity index (χ1v) is 11.1. The molecule has 0 radical (unpaired) electrons. The first-order valence-electron chi connectivity index (χ1n) is 8.32. The Morgan fingerprint density at radius 2 is 1.88 bits per heavy atom. The van der Waals surface area contributed by atoms with Crippen LogP contribution in [0.5, 0.6) is 0 Å². The van der Waals surface area contributed by atoms with Crippen molar-refractivity contribution in [2.45, 2.75) is 30.2 Å². The fraction of sp³-hybridized carbons (Fsp3) is 0.333. The molecule has 6 nitrogen and oxygen atoms in total. The smallest absolute Gasteiger partial charge is 0.264 e. The first kappa shape index (κ1) is 18.6. The van der Waals surface area contributed by atoms with E-state index in [1.54, 1.807) is 23.1 Å². The van der Waals surface area contributed by atoms with Crippen LogP contribution in [-0.4, -0.2) is 44.0 Å². The van der Waals surface area contributed by atoms with E-state index in [-0.39, 0.29) is 16.7 Å². The van der Waals surface area contributed by atoms with Crippen LogP contribution < -0.4 is 5.32 Å². The number of carbonyl (C=O) groups excluding carboxylic acids is 2. The monoisotopic (exact) mass is 392 g/mol. The SMILES string of the molecule is CS(=O)(=O)c1ccc(NC(=O)C2CCCCN2C(=O)c2cccs2)cc1. The van der Waals surface area contributed by atoms with Crippen molar-refractivity contribution >= 4 is 38.7 Å². The van der Waals surface area contributed by atoms with E-state index in [4.69, 9.17) is 0 Å². The maximum atomic E-state index is 12.7. The summed E-state index contributed by atoms with van der Waals surface area (Å²) < 4.78 is 23.0. The Labute approximate surface area is 156 Å². The highest BCUT2D eigenvalue weighted by Crippen LogP contribution is 2.23. The molecule has 138 valence electrons. The van der Waals surface area contributed by atoms with Crippen LogP contribution >= 0.6 is 11.3 Å². The van der Waals surface area contributed by atoms with E-state index >= 15 is 0 Å². The van der Waals surface area contributed by atoms with Crippen LogP contribution in [0.3, 0.4) is 0 Å². The number of likely N-dealkylation sites (tertiary alicyclic amines) is 1. The normalized spacial score (nSPS) is 17.7. The Morgan fingerprint density at radius 3 is 2.50 bits per heavy atom. The van der Waals surface area contributed by atoms with Gasteiger partial charge in [0.25, 0.3) is 5.91 Å². The highest BCUT2D eigenvalue weighted by Gasteiger charge is 2.33. The average molecular weight is 393 g/mol. The van der Waals surface area contributed by atoms with Gasteiger partial charge in [-0.25, -0.2) is 8.42 Å². The van der Waals surface area contributed by atoms with E-state index in [0.29, 0.717) is 23.5 Å². The van der Waals surface area contributed by atoms with E-state index in [1.165, 1.54) is 23.5 Å². The summed E-state index contributed by atoms with van der Waals surface area (Å²) >= 11 is 1.37. The predicted octanol–water partition coefficient (Wildman–Crippen LogP) is 2.79. The van der Waals surface area contributed by atoms with Gasteiger partial charge < -0.3 is 10.2 Å². The predicted molar refractivity (Wildman–Crippen MR) is 101 cm³/mol. The third-order valence-electron chi connectivity index (χ3n) is 4.35. The summed E-state index contributed by atoms with van der Waals surface area (Å²) in [5.41, 5.74) is 0.511. The Balaban J connectivity index is 1.73. The van der Waals surface area contributed by atoms with Gasteiger partial charge in [0, 0.05) is 18.5 Å². The van der Waals surface area contributed by atoms with Crippen LogP contribution in [0.15, 0.2) is 46.7 Å². The van der Waals surface area contributed by atoms with Crippen LogP contribution in [0, 0.1) is 0 Å². The molecule has 1 aromatic heterocycles. The molecule has 0 bridgehead atoms. The second-order valence-electron chi connectivity index (χ2n) is 6.27. The Kier molecular flexibility index (Phi) is 5.43. The Morgan fingerprint density at radius 1 is 1.15 bits per heavy atom. The largest absolute Gasteiger partial charge is 0.326 e. The summed E-state index contributed by atoms with van der Waals surface area (Å²) in [6.07, 6.45) is 3.52. The topological polar surface area (TPSA) is 83.6 Å². The molecule has 1 fully saturated rings. The lowest BCUT2D eigenvalue weighted by Crippen LogP contribution is -2.49. The summed E-state index contributed by atoms with van der Waals surface area (Å²) in [6, 6.07) is 9.10. The maximum absolute atomic E-state index is 12.7. The summed E-state index contributed by atoms with van der Waals surface area (Å²) in [6.45, 7) is 0.557. The lowest BCUT2D eigenvalue weighted by molar-refractivity contribution is -0.121. The highest BCUT2D eigenvalue weighted by atomic mass is 32.2. The van der Waals surface area contributed by atoms with E-state index in [9.17, 15) is 18.0 Å². The van der Waals surface area contributed by atoms with Gasteiger partial charge >= 0.3 is 0 Å². The van der Waals surface area contributed by atoms with Gasteiger partial charge in [0.1, 0.15) is 6.04 Å². The molecule has 1 atom stereocenters. The number of rotatable bonds is 4. The van der Waals surface area contributed by atoms with Crippen molar-refractivity contribution in [2.24, 2.45) is 0 Å². The average Bonchev–Trinajstić information content (AvgIpc) is 3.15. The lowest BCUT2D eigenvalue weighted by atomic mass is 10.0. The number of carbonyl (C=O) groups is 2. The summed E-state index contributed by atoms with van der Waals surface area (Å²) in [5, 5.41) is 4.64. The summed E-state index contributed by atoms with van der Waals surface area (Å²) in [5.74, 6) is -0.367. The number of nitrogens with zero attached hydrogens (tertiary/aromatic N) is 1. The number of thiophene rings is 1. The van der Waals surface area contributed by atoms with Crippen molar-refractivity contribution in [1.29, 1.82) is 0 Å². The van der Waals surface area contributed by atoms with Crippen molar-refractivity contribution in [1.82, 2.24) is 4.90 Å². The van der Waals surface area contributed by atoms with E-state index in [1.807, 2.05) is 11.4 Å².